The topological polar surface area (TPSA) is 50.2 Å². The molecule has 0 unspecified atom stereocenters. The average molecular weight is 440 g/mol. The molecule has 2 aromatic heterocycles. The van der Waals surface area contributed by atoms with Crippen LogP contribution >= 0.6 is 0 Å². The Balaban J connectivity index is 1.54. The number of hydrogen-bond donors (Lipinski definition) is 1. The Hall–Kier alpha value is -4.70. The van der Waals surface area contributed by atoms with E-state index in [-0.39, 0.29) is 5.56 Å². The van der Waals surface area contributed by atoms with Crippen LogP contribution < -0.4 is 5.56 Å². The summed E-state index contributed by atoms with van der Waals surface area (Å²) in [4.78, 5) is 18.1. The number of nitrogens with zero attached hydrogens (tertiary/aromatic N) is 2. The van der Waals surface area contributed by atoms with E-state index in [1.54, 1.807) is 6.07 Å². The Morgan fingerprint density at radius 1 is 0.559 bits per heavy atom. The van der Waals surface area contributed by atoms with Crippen LogP contribution in [0.1, 0.15) is 0 Å². The Kier molecular flexibility index (Phi) is 4.89. The molecule has 34 heavy (non-hydrogen) atoms. The summed E-state index contributed by atoms with van der Waals surface area (Å²) in [5.74, 6) is 0. The molecule has 0 bridgehead atoms. The largest absolute Gasteiger partial charge is 0.288 e. The van der Waals surface area contributed by atoms with E-state index in [0.29, 0.717) is 11.3 Å². The van der Waals surface area contributed by atoms with Crippen molar-refractivity contribution >= 4 is 5.65 Å². The summed E-state index contributed by atoms with van der Waals surface area (Å²) in [6.07, 6.45) is 0. The number of fused-ring (bicyclic) bond motifs is 1. The fourth-order valence-electron chi connectivity index (χ4n) is 4.34. The molecule has 4 heteroatoms. The van der Waals surface area contributed by atoms with E-state index in [2.05, 4.69) is 29.4 Å². The summed E-state index contributed by atoms with van der Waals surface area (Å²) in [5.41, 5.74) is 8.08. The maximum absolute atomic E-state index is 13.2. The molecule has 0 aliphatic rings. The van der Waals surface area contributed by atoms with Crippen molar-refractivity contribution in [2.75, 3.05) is 0 Å². The lowest BCUT2D eigenvalue weighted by Gasteiger charge is -2.06. The highest BCUT2D eigenvalue weighted by Crippen LogP contribution is 2.34. The maximum Gasteiger partial charge on any atom is 0.273 e. The van der Waals surface area contributed by atoms with Gasteiger partial charge in [0.25, 0.3) is 5.56 Å². The van der Waals surface area contributed by atoms with Crippen LogP contribution in [0.4, 0.5) is 0 Å². The second kappa shape index (κ2) is 8.34. The van der Waals surface area contributed by atoms with E-state index < -0.39 is 0 Å². The fraction of sp³-hybridized carbons (Fsp3) is 0. The van der Waals surface area contributed by atoms with E-state index in [0.717, 1.165) is 39.1 Å². The number of benzene rings is 4. The lowest BCUT2D eigenvalue weighted by molar-refractivity contribution is 0.904. The van der Waals surface area contributed by atoms with Gasteiger partial charge >= 0.3 is 0 Å². The Morgan fingerprint density at radius 2 is 1.06 bits per heavy atom. The first-order valence-corrected chi connectivity index (χ1v) is 11.2. The highest BCUT2D eigenvalue weighted by atomic mass is 16.1. The normalized spacial score (nSPS) is 11.1. The van der Waals surface area contributed by atoms with Gasteiger partial charge in [0.2, 0.25) is 0 Å². The van der Waals surface area contributed by atoms with Crippen LogP contribution in [0.3, 0.4) is 0 Å². The first-order valence-electron chi connectivity index (χ1n) is 11.2. The van der Waals surface area contributed by atoms with E-state index >= 15 is 0 Å². The highest BCUT2D eigenvalue weighted by Gasteiger charge is 2.18. The standard InChI is InChI=1S/C30H21N3O/c34-27-20-26(23-18-16-22(17-19-23)21-10-4-1-5-11-21)31-30-28(24-12-6-2-7-13-24)29(32-33(27)30)25-14-8-3-9-15-25/h1-20,32H. The molecule has 2 heterocycles. The van der Waals surface area contributed by atoms with Crippen LogP contribution in [0.25, 0.3) is 50.4 Å². The van der Waals surface area contributed by atoms with Crippen molar-refractivity contribution in [1.29, 1.82) is 0 Å². The Labute approximate surface area is 196 Å². The molecule has 0 atom stereocenters. The lowest BCUT2D eigenvalue weighted by atomic mass is 10.0. The molecule has 0 fully saturated rings. The number of H-pyrrole nitrogens is 1. The molecule has 0 aliphatic carbocycles. The summed E-state index contributed by atoms with van der Waals surface area (Å²) >= 11 is 0. The number of nitrogens with one attached hydrogen (secondary N) is 1. The summed E-state index contributed by atoms with van der Waals surface area (Å²) in [6, 6.07) is 40.1. The van der Waals surface area contributed by atoms with Gasteiger partial charge in [0.05, 0.1) is 17.0 Å². The van der Waals surface area contributed by atoms with Gasteiger partial charge in [-0.1, -0.05) is 115 Å². The predicted octanol–water partition coefficient (Wildman–Crippen LogP) is 6.69. The quantitative estimate of drug-likeness (QED) is 0.333. The monoisotopic (exact) mass is 439 g/mol. The molecule has 4 aromatic carbocycles. The van der Waals surface area contributed by atoms with Crippen molar-refractivity contribution in [2.24, 2.45) is 0 Å². The molecule has 6 rings (SSSR count). The fourth-order valence-corrected chi connectivity index (χ4v) is 4.34. The summed E-state index contributed by atoms with van der Waals surface area (Å²) < 4.78 is 1.53. The second-order valence-corrected chi connectivity index (χ2v) is 8.18. The number of aromatic nitrogens is 3. The molecule has 1 N–H and O–H groups in total. The van der Waals surface area contributed by atoms with E-state index in [1.165, 1.54) is 4.52 Å². The van der Waals surface area contributed by atoms with Gasteiger partial charge in [0.1, 0.15) is 0 Å². The van der Waals surface area contributed by atoms with Crippen LogP contribution in [-0.2, 0) is 0 Å². The SMILES string of the molecule is O=c1cc(-c2ccc(-c3ccccc3)cc2)nc2c(-c3ccccc3)c(-c3ccccc3)[nH]n12. The Bertz CT molecular complexity index is 1630. The van der Waals surface area contributed by atoms with Crippen molar-refractivity contribution in [3.63, 3.8) is 0 Å². The van der Waals surface area contributed by atoms with Crippen LogP contribution in [0.5, 0.6) is 0 Å². The molecule has 0 aliphatic heterocycles. The van der Waals surface area contributed by atoms with Crippen LogP contribution in [0, 0.1) is 0 Å². The second-order valence-electron chi connectivity index (χ2n) is 8.18. The first-order chi connectivity index (χ1) is 16.8. The minimum atomic E-state index is -0.147. The minimum Gasteiger partial charge on any atom is -0.288 e. The first kappa shape index (κ1) is 19.9. The van der Waals surface area contributed by atoms with Gasteiger partial charge in [-0.2, -0.15) is 0 Å². The Morgan fingerprint density at radius 3 is 1.68 bits per heavy atom. The van der Waals surface area contributed by atoms with Gasteiger partial charge in [-0.3, -0.25) is 9.89 Å². The third-order valence-corrected chi connectivity index (χ3v) is 6.03. The predicted molar refractivity (Wildman–Crippen MR) is 138 cm³/mol. The molecule has 6 aromatic rings. The van der Waals surface area contributed by atoms with Crippen LogP contribution in [0.15, 0.2) is 126 Å². The summed E-state index contributed by atoms with van der Waals surface area (Å²) in [6.45, 7) is 0. The smallest absolute Gasteiger partial charge is 0.273 e. The van der Waals surface area contributed by atoms with Gasteiger partial charge in [0, 0.05) is 17.2 Å². The third kappa shape index (κ3) is 3.51. The minimum absolute atomic E-state index is 0.147. The van der Waals surface area contributed by atoms with E-state index in [4.69, 9.17) is 4.98 Å². The summed E-state index contributed by atoms with van der Waals surface area (Å²) in [7, 11) is 0. The number of rotatable bonds is 4. The van der Waals surface area contributed by atoms with Gasteiger partial charge < -0.3 is 0 Å². The number of hydrogen-bond acceptors (Lipinski definition) is 2. The highest BCUT2D eigenvalue weighted by molar-refractivity contribution is 5.91. The van der Waals surface area contributed by atoms with Crippen LogP contribution in [0.2, 0.25) is 0 Å². The third-order valence-electron chi connectivity index (χ3n) is 6.03. The van der Waals surface area contributed by atoms with Gasteiger partial charge in [0.15, 0.2) is 5.65 Å². The number of aromatic amines is 1. The molecule has 0 radical (unpaired) electrons. The molecule has 0 spiro atoms. The molecule has 0 saturated carbocycles. The molecule has 162 valence electrons. The van der Waals surface area contributed by atoms with Gasteiger partial charge in [-0.15, -0.1) is 0 Å². The van der Waals surface area contributed by atoms with Crippen molar-refractivity contribution in [2.45, 2.75) is 0 Å². The van der Waals surface area contributed by atoms with Crippen molar-refractivity contribution in [3.8, 4) is 44.8 Å². The van der Waals surface area contributed by atoms with E-state index in [9.17, 15) is 4.79 Å². The zero-order valence-electron chi connectivity index (χ0n) is 18.3. The van der Waals surface area contributed by atoms with Crippen molar-refractivity contribution in [3.05, 3.63) is 132 Å². The maximum atomic E-state index is 13.2. The molecular formula is C30H21N3O. The molecular weight excluding hydrogens is 418 g/mol. The molecule has 0 amide bonds. The molecule has 0 saturated heterocycles. The van der Waals surface area contributed by atoms with Gasteiger partial charge in [-0.05, 0) is 16.7 Å². The van der Waals surface area contributed by atoms with Gasteiger partial charge in [-0.25, -0.2) is 9.50 Å². The zero-order valence-corrected chi connectivity index (χ0v) is 18.3. The zero-order chi connectivity index (χ0) is 22.9. The summed E-state index contributed by atoms with van der Waals surface area (Å²) in [5, 5.41) is 3.30. The van der Waals surface area contributed by atoms with E-state index in [1.807, 2.05) is 91.0 Å². The average Bonchev–Trinajstić information content (AvgIpc) is 3.30. The molecule has 4 nitrogen and oxygen atoms in total. The van der Waals surface area contributed by atoms with Crippen LogP contribution in [-0.4, -0.2) is 14.6 Å². The lowest BCUT2D eigenvalue weighted by Crippen LogP contribution is -2.14. The van der Waals surface area contributed by atoms with Crippen molar-refractivity contribution < 1.29 is 0 Å². The van der Waals surface area contributed by atoms with Crippen molar-refractivity contribution in [1.82, 2.24) is 14.6 Å².